The number of halogens is 1. The van der Waals surface area contributed by atoms with Crippen LogP contribution in [0.25, 0.3) is 0 Å². The molecule has 1 fully saturated rings. The van der Waals surface area contributed by atoms with Crippen molar-refractivity contribution in [1.82, 2.24) is 4.72 Å². The van der Waals surface area contributed by atoms with Crippen LogP contribution in [0.2, 0.25) is 0 Å². The number of hydrogen-bond donors (Lipinski definition) is 2. The Bertz CT molecular complexity index is 578. The van der Waals surface area contributed by atoms with Crippen molar-refractivity contribution in [3.05, 3.63) is 22.7 Å². The third-order valence-corrected chi connectivity index (χ3v) is 6.86. The summed E-state index contributed by atoms with van der Waals surface area (Å²) in [6.07, 6.45) is 2.89. The second-order valence-corrected chi connectivity index (χ2v) is 9.04. The number of nitrogen functional groups attached to an aromatic ring is 1. The summed E-state index contributed by atoms with van der Waals surface area (Å²) >= 11 is 5.17. The monoisotopic (exact) mass is 378 g/mol. The normalized spacial score (nSPS) is 23.1. The lowest BCUT2D eigenvalue weighted by atomic mass is 10.3. The minimum absolute atomic E-state index is 0.0360. The number of rotatable bonds is 5. The molecule has 0 bridgehead atoms. The number of thioether (sulfide) groups is 1. The molecule has 2 unspecified atom stereocenters. The summed E-state index contributed by atoms with van der Waals surface area (Å²) in [6, 6.07) is 4.75. The van der Waals surface area contributed by atoms with Crippen LogP contribution < -0.4 is 10.5 Å². The molecule has 1 aromatic carbocycles. The molecule has 1 aliphatic carbocycles. The molecule has 0 saturated heterocycles. The predicted molar refractivity (Wildman–Crippen MR) is 88.4 cm³/mol. The zero-order chi connectivity index (χ0) is 14.8. The molecule has 1 aromatic rings. The first-order valence-electron chi connectivity index (χ1n) is 6.61. The van der Waals surface area contributed by atoms with Gasteiger partial charge in [0.05, 0.1) is 4.90 Å². The molecule has 0 aromatic heterocycles. The van der Waals surface area contributed by atoms with Gasteiger partial charge in [0, 0.05) is 21.5 Å². The van der Waals surface area contributed by atoms with E-state index in [9.17, 15) is 8.42 Å². The van der Waals surface area contributed by atoms with E-state index in [4.69, 9.17) is 5.73 Å². The fourth-order valence-electron chi connectivity index (χ4n) is 2.41. The molecule has 1 saturated carbocycles. The molecule has 2 atom stereocenters. The Morgan fingerprint density at radius 3 is 2.85 bits per heavy atom. The number of nitrogens with two attached hydrogens (primary N) is 1. The van der Waals surface area contributed by atoms with Crippen LogP contribution in [0.5, 0.6) is 0 Å². The minimum atomic E-state index is -3.48. The zero-order valence-electron chi connectivity index (χ0n) is 11.3. The van der Waals surface area contributed by atoms with Crippen molar-refractivity contribution in [3.63, 3.8) is 0 Å². The highest BCUT2D eigenvalue weighted by Gasteiger charge is 2.28. The van der Waals surface area contributed by atoms with Gasteiger partial charge in [-0.3, -0.25) is 0 Å². The first kappa shape index (κ1) is 16.1. The van der Waals surface area contributed by atoms with Gasteiger partial charge in [0.1, 0.15) is 0 Å². The van der Waals surface area contributed by atoms with Crippen LogP contribution in [-0.4, -0.2) is 25.5 Å². The van der Waals surface area contributed by atoms with Gasteiger partial charge in [0.25, 0.3) is 0 Å². The fourth-order valence-corrected chi connectivity index (χ4v) is 5.12. The maximum absolute atomic E-state index is 12.3. The van der Waals surface area contributed by atoms with Crippen molar-refractivity contribution in [2.24, 2.45) is 0 Å². The Kier molecular flexibility index (Phi) is 5.39. The molecule has 20 heavy (non-hydrogen) atoms. The van der Waals surface area contributed by atoms with Gasteiger partial charge in [-0.15, -0.1) is 0 Å². The number of sulfonamides is 1. The quantitative estimate of drug-likeness (QED) is 0.772. The number of benzene rings is 1. The highest BCUT2D eigenvalue weighted by molar-refractivity contribution is 9.10. The summed E-state index contributed by atoms with van der Waals surface area (Å²) in [5.74, 6) is 1.08. The van der Waals surface area contributed by atoms with Gasteiger partial charge in [-0.25, -0.2) is 13.1 Å². The van der Waals surface area contributed by atoms with Crippen LogP contribution >= 0.6 is 27.7 Å². The summed E-state index contributed by atoms with van der Waals surface area (Å²) in [5, 5.41) is 0.572. The molecule has 3 N–H and O–H groups in total. The average molecular weight is 379 g/mol. The maximum Gasteiger partial charge on any atom is 0.240 e. The SMILES string of the molecule is CCSC1CCC(NS(=O)(=O)c2ccc(Br)c(N)c2)C1. The number of hydrogen-bond acceptors (Lipinski definition) is 4. The van der Waals surface area contributed by atoms with Crippen molar-refractivity contribution in [2.75, 3.05) is 11.5 Å². The van der Waals surface area contributed by atoms with E-state index in [0.717, 1.165) is 25.0 Å². The van der Waals surface area contributed by atoms with E-state index in [1.807, 2.05) is 11.8 Å². The van der Waals surface area contributed by atoms with Gasteiger partial charge >= 0.3 is 0 Å². The van der Waals surface area contributed by atoms with E-state index in [0.29, 0.717) is 15.4 Å². The molecule has 112 valence electrons. The van der Waals surface area contributed by atoms with Crippen LogP contribution in [0, 0.1) is 0 Å². The second-order valence-electron chi connectivity index (χ2n) is 4.89. The van der Waals surface area contributed by atoms with Crippen LogP contribution in [0.1, 0.15) is 26.2 Å². The largest absolute Gasteiger partial charge is 0.398 e. The summed E-state index contributed by atoms with van der Waals surface area (Å²) in [4.78, 5) is 0.227. The van der Waals surface area contributed by atoms with Crippen molar-refractivity contribution in [1.29, 1.82) is 0 Å². The van der Waals surface area contributed by atoms with Gasteiger partial charge < -0.3 is 5.73 Å². The summed E-state index contributed by atoms with van der Waals surface area (Å²) in [6.45, 7) is 2.13. The lowest BCUT2D eigenvalue weighted by Gasteiger charge is -2.14. The Morgan fingerprint density at radius 2 is 2.20 bits per heavy atom. The van der Waals surface area contributed by atoms with Crippen molar-refractivity contribution < 1.29 is 8.42 Å². The molecular weight excluding hydrogens is 360 g/mol. The van der Waals surface area contributed by atoms with E-state index < -0.39 is 10.0 Å². The average Bonchev–Trinajstić information content (AvgIpc) is 2.79. The van der Waals surface area contributed by atoms with Crippen molar-refractivity contribution in [2.45, 2.75) is 42.4 Å². The molecule has 4 nitrogen and oxygen atoms in total. The van der Waals surface area contributed by atoms with Gasteiger partial charge in [-0.05, 0) is 59.1 Å². The highest BCUT2D eigenvalue weighted by atomic mass is 79.9. The van der Waals surface area contributed by atoms with E-state index in [1.54, 1.807) is 12.1 Å². The van der Waals surface area contributed by atoms with Crippen molar-refractivity contribution in [3.8, 4) is 0 Å². The topological polar surface area (TPSA) is 72.2 Å². The smallest absolute Gasteiger partial charge is 0.240 e. The lowest BCUT2D eigenvalue weighted by molar-refractivity contribution is 0.552. The molecule has 0 spiro atoms. The Hall–Kier alpha value is -0.240. The Labute approximate surface area is 133 Å². The van der Waals surface area contributed by atoms with Crippen LogP contribution in [0.4, 0.5) is 5.69 Å². The molecule has 0 amide bonds. The van der Waals surface area contributed by atoms with Crippen LogP contribution in [0.3, 0.4) is 0 Å². The molecule has 7 heteroatoms. The third-order valence-electron chi connectivity index (χ3n) is 3.39. The van der Waals surface area contributed by atoms with Gasteiger partial charge in [0.15, 0.2) is 0 Å². The standard InChI is InChI=1S/C13H19BrN2O2S2/c1-2-19-10-4-3-9(7-10)16-20(17,18)11-5-6-12(14)13(15)8-11/h5-6,8-10,16H,2-4,7,15H2,1H3. The van der Waals surface area contributed by atoms with E-state index in [2.05, 4.69) is 27.6 Å². The van der Waals surface area contributed by atoms with Gasteiger partial charge in [-0.2, -0.15) is 11.8 Å². The summed E-state index contributed by atoms with van der Waals surface area (Å²) in [7, 11) is -3.48. The lowest BCUT2D eigenvalue weighted by Crippen LogP contribution is -2.33. The molecular formula is C13H19BrN2O2S2. The molecule has 0 heterocycles. The second kappa shape index (κ2) is 6.68. The third kappa shape index (κ3) is 3.90. The fraction of sp³-hybridized carbons (Fsp3) is 0.538. The van der Waals surface area contributed by atoms with E-state index >= 15 is 0 Å². The number of nitrogens with one attached hydrogen (secondary N) is 1. The highest BCUT2D eigenvalue weighted by Crippen LogP contribution is 2.31. The molecule has 1 aliphatic rings. The Balaban J connectivity index is 2.06. The van der Waals surface area contributed by atoms with Crippen LogP contribution in [-0.2, 0) is 10.0 Å². The first-order chi connectivity index (χ1) is 9.42. The minimum Gasteiger partial charge on any atom is -0.398 e. The van der Waals surface area contributed by atoms with Crippen molar-refractivity contribution >= 4 is 43.4 Å². The summed E-state index contributed by atoms with van der Waals surface area (Å²) in [5.41, 5.74) is 6.17. The van der Waals surface area contributed by atoms with Gasteiger partial charge in [-0.1, -0.05) is 6.92 Å². The summed E-state index contributed by atoms with van der Waals surface area (Å²) < 4.78 is 28.2. The molecule has 0 aliphatic heterocycles. The molecule has 0 radical (unpaired) electrons. The van der Waals surface area contributed by atoms with E-state index in [1.165, 1.54) is 6.07 Å². The van der Waals surface area contributed by atoms with Gasteiger partial charge in [0.2, 0.25) is 10.0 Å². The molecule has 2 rings (SSSR count). The van der Waals surface area contributed by atoms with E-state index in [-0.39, 0.29) is 10.9 Å². The number of anilines is 1. The predicted octanol–water partition coefficient (Wildman–Crippen LogP) is 2.98. The maximum atomic E-state index is 12.3. The Morgan fingerprint density at radius 1 is 1.45 bits per heavy atom. The zero-order valence-corrected chi connectivity index (χ0v) is 14.5. The van der Waals surface area contributed by atoms with Crippen LogP contribution in [0.15, 0.2) is 27.6 Å². The first-order valence-corrected chi connectivity index (χ1v) is 9.94.